The van der Waals surface area contributed by atoms with Crippen molar-refractivity contribution in [2.45, 2.75) is 53.0 Å². The van der Waals surface area contributed by atoms with Crippen LogP contribution in [0.4, 0.5) is 0 Å². The lowest BCUT2D eigenvalue weighted by molar-refractivity contribution is -0.134. The molecule has 4 N–H and O–H groups in total. The molecule has 2 unspecified atom stereocenters. The molecule has 8 nitrogen and oxygen atoms in total. The molecular weight excluding hydrogens is 460 g/mol. The molecule has 8 heteroatoms. The summed E-state index contributed by atoms with van der Waals surface area (Å²) in [5.41, 5.74) is 2.60. The van der Waals surface area contributed by atoms with Gasteiger partial charge < -0.3 is 20.4 Å². The minimum atomic E-state index is -1.26. The number of carboxylic acids is 2. The molecule has 36 heavy (non-hydrogen) atoms. The second-order valence-electron chi connectivity index (χ2n) is 8.33. The molecule has 0 saturated heterocycles. The maximum Gasteiger partial charge on any atom is 0.328 e. The first kappa shape index (κ1) is 33.0. The fraction of sp³-hybridized carbons (Fsp3) is 0.429. The summed E-state index contributed by atoms with van der Waals surface area (Å²) in [6, 6.07) is 20.7. The van der Waals surface area contributed by atoms with E-state index in [2.05, 4.69) is 47.9 Å². The molecular formula is C28H42N2O6. The average Bonchev–Trinajstić information content (AvgIpc) is 2.83. The lowest BCUT2D eigenvalue weighted by Gasteiger charge is -2.21. The second-order valence-corrected chi connectivity index (χ2v) is 8.33. The molecule has 0 bridgehead atoms. The molecule has 2 aromatic rings. The van der Waals surface area contributed by atoms with Crippen molar-refractivity contribution >= 4 is 11.9 Å². The third kappa shape index (κ3) is 19.3. The number of hydrogen-bond acceptors (Lipinski definition) is 6. The topological polar surface area (TPSA) is 122 Å². The van der Waals surface area contributed by atoms with Crippen LogP contribution < -0.4 is 0 Å². The minimum Gasteiger partial charge on any atom is -0.478 e. The molecule has 0 heterocycles. The summed E-state index contributed by atoms with van der Waals surface area (Å²) in [7, 11) is 0. The van der Waals surface area contributed by atoms with Gasteiger partial charge in [-0.2, -0.15) is 0 Å². The number of benzene rings is 2. The van der Waals surface area contributed by atoms with E-state index in [1.165, 1.54) is 11.1 Å². The van der Waals surface area contributed by atoms with Crippen molar-refractivity contribution in [2.75, 3.05) is 26.2 Å². The zero-order chi connectivity index (χ0) is 27.3. The zero-order valence-electron chi connectivity index (χ0n) is 21.8. The average molecular weight is 503 g/mol. The fourth-order valence-corrected chi connectivity index (χ4v) is 3.18. The molecule has 0 aliphatic heterocycles. The number of hydrogen-bond donors (Lipinski definition) is 4. The number of aliphatic carboxylic acids is 2. The Labute approximate surface area is 215 Å². The van der Waals surface area contributed by atoms with E-state index in [0.29, 0.717) is 12.2 Å². The van der Waals surface area contributed by atoms with Gasteiger partial charge in [0.25, 0.3) is 0 Å². The van der Waals surface area contributed by atoms with E-state index < -0.39 is 11.9 Å². The molecule has 0 radical (unpaired) electrons. The van der Waals surface area contributed by atoms with Crippen molar-refractivity contribution in [2.24, 2.45) is 0 Å². The second kappa shape index (κ2) is 20.2. The number of rotatable bonds is 12. The Morgan fingerprint density at radius 2 is 1.00 bits per heavy atom. The Morgan fingerprint density at radius 3 is 1.22 bits per heavy atom. The van der Waals surface area contributed by atoms with Crippen molar-refractivity contribution in [3.05, 3.63) is 83.9 Å². The lowest BCUT2D eigenvalue weighted by atomic mass is 10.2. The smallest absolute Gasteiger partial charge is 0.328 e. The first-order valence-electron chi connectivity index (χ1n) is 12.1. The predicted octanol–water partition coefficient (Wildman–Crippen LogP) is 3.49. The summed E-state index contributed by atoms with van der Waals surface area (Å²) < 4.78 is 0. The van der Waals surface area contributed by atoms with E-state index in [-0.39, 0.29) is 12.2 Å². The van der Waals surface area contributed by atoms with E-state index in [1.54, 1.807) is 0 Å². The number of carboxylic acid groups (broad SMARTS) is 2. The van der Waals surface area contributed by atoms with Gasteiger partial charge in [0, 0.05) is 38.3 Å². The van der Waals surface area contributed by atoms with Crippen LogP contribution in [0.25, 0.3) is 0 Å². The molecule has 0 saturated carbocycles. The summed E-state index contributed by atoms with van der Waals surface area (Å²) in [4.78, 5) is 23.6. The van der Waals surface area contributed by atoms with Gasteiger partial charge in [0.15, 0.2) is 0 Å². The fourth-order valence-electron chi connectivity index (χ4n) is 3.18. The van der Waals surface area contributed by atoms with Crippen LogP contribution in [-0.2, 0) is 22.7 Å². The highest BCUT2D eigenvalue weighted by Crippen LogP contribution is 2.05. The van der Waals surface area contributed by atoms with Crippen LogP contribution in [0.5, 0.6) is 0 Å². The van der Waals surface area contributed by atoms with E-state index >= 15 is 0 Å². The van der Waals surface area contributed by atoms with Gasteiger partial charge in [-0.3, -0.25) is 9.80 Å². The van der Waals surface area contributed by atoms with Crippen LogP contribution in [0.3, 0.4) is 0 Å². The van der Waals surface area contributed by atoms with Gasteiger partial charge in [0.1, 0.15) is 0 Å². The molecule has 0 aliphatic rings. The van der Waals surface area contributed by atoms with Crippen LogP contribution in [0.2, 0.25) is 0 Å². The van der Waals surface area contributed by atoms with Crippen molar-refractivity contribution in [3.63, 3.8) is 0 Å². The molecule has 0 aromatic heterocycles. The SMILES string of the molecule is CCN(Cc1ccccc1)CC(C)O.CCN(Cc1ccccc1)CC(C)O.O=C(O)C=CC(=O)O. The van der Waals surface area contributed by atoms with Crippen LogP contribution in [0, 0.1) is 0 Å². The van der Waals surface area contributed by atoms with E-state index in [4.69, 9.17) is 10.2 Å². The monoisotopic (exact) mass is 502 g/mol. The number of aliphatic hydroxyl groups is 2. The Bertz CT molecular complexity index is 785. The van der Waals surface area contributed by atoms with Crippen LogP contribution in [0.15, 0.2) is 72.8 Å². The van der Waals surface area contributed by atoms with Gasteiger partial charge in [0.05, 0.1) is 12.2 Å². The van der Waals surface area contributed by atoms with Gasteiger partial charge in [-0.1, -0.05) is 74.5 Å². The molecule has 2 rings (SSSR count). The van der Waals surface area contributed by atoms with Crippen LogP contribution in [-0.4, -0.2) is 80.6 Å². The number of aliphatic hydroxyl groups excluding tert-OH is 2. The molecule has 2 atom stereocenters. The molecule has 0 spiro atoms. The van der Waals surface area contributed by atoms with Crippen molar-refractivity contribution in [1.82, 2.24) is 9.80 Å². The van der Waals surface area contributed by atoms with E-state index in [9.17, 15) is 19.8 Å². The number of likely N-dealkylation sites (N-methyl/N-ethyl adjacent to an activating group) is 2. The third-order valence-electron chi connectivity index (χ3n) is 4.81. The highest BCUT2D eigenvalue weighted by atomic mass is 16.4. The van der Waals surface area contributed by atoms with E-state index in [1.807, 2.05) is 50.2 Å². The normalized spacial score (nSPS) is 12.3. The Balaban J connectivity index is 0.000000533. The maximum absolute atomic E-state index is 9.55. The molecule has 0 amide bonds. The van der Waals surface area contributed by atoms with Crippen LogP contribution in [0.1, 0.15) is 38.8 Å². The van der Waals surface area contributed by atoms with Crippen molar-refractivity contribution < 1.29 is 30.0 Å². The standard InChI is InChI=1S/2C12H19NO.C4H4O4/c2*1-3-13(9-11(2)14)10-12-7-5-4-6-8-12;5-3(6)1-2-4(7)8/h2*4-8,11,14H,3,9-10H2,1-2H3;1-2H,(H,5,6)(H,7,8). The number of carbonyl (C=O) groups is 2. The van der Waals surface area contributed by atoms with Crippen molar-refractivity contribution in [1.29, 1.82) is 0 Å². The summed E-state index contributed by atoms with van der Waals surface area (Å²) in [5, 5.41) is 34.2. The van der Waals surface area contributed by atoms with Gasteiger partial charge in [0.2, 0.25) is 0 Å². The van der Waals surface area contributed by atoms with E-state index in [0.717, 1.165) is 39.3 Å². The molecule has 200 valence electrons. The quantitative estimate of drug-likeness (QED) is 0.326. The van der Waals surface area contributed by atoms with Gasteiger partial charge in [-0.05, 0) is 38.1 Å². The van der Waals surface area contributed by atoms with Crippen LogP contribution >= 0.6 is 0 Å². The first-order valence-corrected chi connectivity index (χ1v) is 12.1. The molecule has 0 aliphatic carbocycles. The summed E-state index contributed by atoms with van der Waals surface area (Å²) in [6.45, 7) is 13.2. The highest BCUT2D eigenvalue weighted by Gasteiger charge is 2.07. The van der Waals surface area contributed by atoms with Gasteiger partial charge in [-0.25, -0.2) is 9.59 Å². The Hall–Kier alpha value is -3.04. The largest absolute Gasteiger partial charge is 0.478 e. The highest BCUT2D eigenvalue weighted by molar-refractivity contribution is 5.89. The minimum absolute atomic E-state index is 0.251. The Kier molecular flexibility index (Phi) is 18.5. The molecule has 2 aromatic carbocycles. The Morgan fingerprint density at radius 1 is 0.694 bits per heavy atom. The summed E-state index contributed by atoms with van der Waals surface area (Å²) in [6.07, 6.45) is 0.613. The van der Waals surface area contributed by atoms with Crippen molar-refractivity contribution in [3.8, 4) is 0 Å². The lowest BCUT2D eigenvalue weighted by Crippen LogP contribution is -2.30. The molecule has 0 fully saturated rings. The third-order valence-corrected chi connectivity index (χ3v) is 4.81. The summed E-state index contributed by atoms with van der Waals surface area (Å²) >= 11 is 0. The maximum atomic E-state index is 9.55. The summed E-state index contributed by atoms with van der Waals surface area (Å²) in [5.74, 6) is -2.51. The predicted molar refractivity (Wildman–Crippen MR) is 143 cm³/mol. The van der Waals surface area contributed by atoms with Gasteiger partial charge >= 0.3 is 11.9 Å². The zero-order valence-corrected chi connectivity index (χ0v) is 21.8. The number of nitrogens with zero attached hydrogens (tertiary/aromatic N) is 2. The first-order chi connectivity index (χ1) is 17.1. The van der Waals surface area contributed by atoms with Gasteiger partial charge in [-0.15, -0.1) is 0 Å².